The van der Waals surface area contributed by atoms with E-state index in [-0.39, 0.29) is 22.5 Å². The van der Waals surface area contributed by atoms with E-state index in [1.807, 2.05) is 6.92 Å². The number of hydrogen-bond acceptors (Lipinski definition) is 6. The van der Waals surface area contributed by atoms with Gasteiger partial charge < -0.3 is 15.0 Å². The summed E-state index contributed by atoms with van der Waals surface area (Å²) in [7, 11) is -3.84. The fourth-order valence-electron chi connectivity index (χ4n) is 2.82. The van der Waals surface area contributed by atoms with Crippen molar-refractivity contribution in [1.82, 2.24) is 15.0 Å². The van der Waals surface area contributed by atoms with Crippen LogP contribution in [-0.2, 0) is 10.0 Å². The van der Waals surface area contributed by atoms with Gasteiger partial charge in [-0.3, -0.25) is 0 Å². The van der Waals surface area contributed by atoms with Crippen LogP contribution in [0.5, 0.6) is 11.6 Å². The molecule has 148 valence electrons. The Morgan fingerprint density at radius 1 is 1.17 bits per heavy atom. The maximum absolute atomic E-state index is 14.7. The van der Waals surface area contributed by atoms with E-state index in [1.54, 1.807) is 18.2 Å². The van der Waals surface area contributed by atoms with Crippen LogP contribution in [0.15, 0.2) is 59.6 Å². The van der Waals surface area contributed by atoms with E-state index < -0.39 is 15.8 Å². The van der Waals surface area contributed by atoms with Crippen molar-refractivity contribution in [3.63, 3.8) is 0 Å². The van der Waals surface area contributed by atoms with Gasteiger partial charge in [-0.1, -0.05) is 6.07 Å². The summed E-state index contributed by atoms with van der Waals surface area (Å²) in [5, 5.41) is 8.43. The minimum absolute atomic E-state index is 0.0253. The summed E-state index contributed by atoms with van der Waals surface area (Å²) in [5.74, 6) is -0.207. The molecule has 0 spiro atoms. The summed E-state index contributed by atoms with van der Waals surface area (Å²) in [6.07, 6.45) is 1.44. The second-order valence-electron chi connectivity index (χ2n) is 6.31. The standard InChI is InChI=1S/C19H16FN5O3S/c1-11-9-14-15(23-11)5-6-16(18(14)20)28-17-7-8-22-19(25-17)24-12-3-2-4-13(10-12)29(21,26)27/h2-10,23H,1H3,(H2,21,26,27)(H,22,24,25). The van der Waals surface area contributed by atoms with Crippen LogP contribution in [0, 0.1) is 12.7 Å². The van der Waals surface area contributed by atoms with E-state index in [0.717, 1.165) is 5.69 Å². The maximum atomic E-state index is 14.7. The number of nitrogens with two attached hydrogens (primary N) is 1. The minimum Gasteiger partial charge on any atom is -0.436 e. The van der Waals surface area contributed by atoms with E-state index >= 15 is 0 Å². The number of hydrogen-bond donors (Lipinski definition) is 3. The van der Waals surface area contributed by atoms with Crippen molar-refractivity contribution in [3.05, 3.63) is 66.2 Å². The monoisotopic (exact) mass is 413 g/mol. The number of rotatable bonds is 5. The predicted octanol–water partition coefficient (Wildman–Crippen LogP) is 3.59. The van der Waals surface area contributed by atoms with Crippen LogP contribution >= 0.6 is 0 Å². The molecule has 2 aromatic carbocycles. The van der Waals surface area contributed by atoms with Gasteiger partial charge in [0.15, 0.2) is 11.6 Å². The van der Waals surface area contributed by atoms with Crippen LogP contribution in [0.25, 0.3) is 10.9 Å². The molecule has 0 aliphatic heterocycles. The molecule has 0 saturated carbocycles. The molecule has 4 rings (SSSR count). The van der Waals surface area contributed by atoms with E-state index in [0.29, 0.717) is 16.6 Å². The number of aryl methyl sites for hydroxylation is 1. The summed E-state index contributed by atoms with van der Waals surface area (Å²) >= 11 is 0. The van der Waals surface area contributed by atoms with E-state index in [9.17, 15) is 12.8 Å². The molecule has 0 aliphatic carbocycles. The molecule has 8 nitrogen and oxygen atoms in total. The minimum atomic E-state index is -3.84. The first-order valence-corrected chi connectivity index (χ1v) is 10.0. The molecule has 10 heteroatoms. The number of sulfonamides is 1. The predicted molar refractivity (Wildman–Crippen MR) is 106 cm³/mol. The molecule has 0 saturated heterocycles. The number of aromatic nitrogens is 3. The largest absolute Gasteiger partial charge is 0.436 e. The van der Waals surface area contributed by atoms with Crippen molar-refractivity contribution in [2.45, 2.75) is 11.8 Å². The lowest BCUT2D eigenvalue weighted by Crippen LogP contribution is -2.12. The lowest BCUT2D eigenvalue weighted by molar-refractivity contribution is 0.430. The van der Waals surface area contributed by atoms with Gasteiger partial charge >= 0.3 is 0 Å². The van der Waals surface area contributed by atoms with Crippen molar-refractivity contribution in [2.24, 2.45) is 5.14 Å². The van der Waals surface area contributed by atoms with Gasteiger partial charge in [-0.15, -0.1) is 0 Å². The number of fused-ring (bicyclic) bond motifs is 1. The number of halogens is 1. The first-order valence-electron chi connectivity index (χ1n) is 8.48. The first kappa shape index (κ1) is 18.8. The third kappa shape index (κ3) is 4.03. The molecular weight excluding hydrogens is 397 g/mol. The molecule has 0 aliphatic rings. The Labute approximate surface area is 165 Å². The van der Waals surface area contributed by atoms with Gasteiger partial charge in [-0.05, 0) is 43.3 Å². The lowest BCUT2D eigenvalue weighted by Gasteiger charge is -2.09. The van der Waals surface area contributed by atoms with Crippen LogP contribution < -0.4 is 15.2 Å². The summed E-state index contributed by atoms with van der Waals surface area (Å²) in [6.45, 7) is 1.84. The van der Waals surface area contributed by atoms with E-state index in [2.05, 4.69) is 20.3 Å². The summed E-state index contributed by atoms with van der Waals surface area (Å²) in [6, 6.07) is 12.3. The van der Waals surface area contributed by atoms with Crippen LogP contribution in [-0.4, -0.2) is 23.4 Å². The fourth-order valence-corrected chi connectivity index (χ4v) is 3.38. The number of primary sulfonamides is 1. The highest BCUT2D eigenvalue weighted by Gasteiger charge is 2.13. The first-order chi connectivity index (χ1) is 13.8. The zero-order valence-corrected chi connectivity index (χ0v) is 16.0. The second kappa shape index (κ2) is 7.15. The highest BCUT2D eigenvalue weighted by molar-refractivity contribution is 7.89. The Kier molecular flexibility index (Phi) is 4.65. The number of nitrogens with zero attached hydrogens (tertiary/aromatic N) is 2. The molecule has 2 aromatic heterocycles. The topological polar surface area (TPSA) is 123 Å². The third-order valence-corrected chi connectivity index (χ3v) is 5.01. The van der Waals surface area contributed by atoms with Crippen molar-refractivity contribution < 1.29 is 17.5 Å². The lowest BCUT2D eigenvalue weighted by atomic mass is 10.2. The van der Waals surface area contributed by atoms with Gasteiger partial charge in [0.2, 0.25) is 21.9 Å². The summed E-state index contributed by atoms with van der Waals surface area (Å²) in [4.78, 5) is 11.3. The number of benzene rings is 2. The average Bonchev–Trinajstić information content (AvgIpc) is 3.05. The molecule has 0 amide bonds. The highest BCUT2D eigenvalue weighted by Crippen LogP contribution is 2.30. The zero-order valence-electron chi connectivity index (χ0n) is 15.2. The molecule has 0 unspecified atom stereocenters. The molecule has 0 atom stereocenters. The summed E-state index contributed by atoms with van der Waals surface area (Å²) < 4.78 is 43.3. The van der Waals surface area contributed by atoms with Gasteiger partial charge in [0.1, 0.15) is 0 Å². The van der Waals surface area contributed by atoms with Gasteiger partial charge in [0.25, 0.3) is 0 Å². The van der Waals surface area contributed by atoms with Gasteiger partial charge in [0.05, 0.1) is 4.90 Å². The van der Waals surface area contributed by atoms with Crippen molar-refractivity contribution in [1.29, 1.82) is 0 Å². The van der Waals surface area contributed by atoms with Crippen molar-refractivity contribution in [3.8, 4) is 11.6 Å². The van der Waals surface area contributed by atoms with Crippen molar-refractivity contribution in [2.75, 3.05) is 5.32 Å². The molecule has 0 bridgehead atoms. The molecular formula is C19H16FN5O3S. The van der Waals surface area contributed by atoms with E-state index in [4.69, 9.17) is 9.88 Å². The van der Waals surface area contributed by atoms with Crippen LogP contribution in [0.4, 0.5) is 16.0 Å². The van der Waals surface area contributed by atoms with Crippen LogP contribution in [0.1, 0.15) is 5.69 Å². The average molecular weight is 413 g/mol. The number of ether oxygens (including phenoxy) is 1. The van der Waals surface area contributed by atoms with Crippen molar-refractivity contribution >= 4 is 32.6 Å². The Bertz CT molecular complexity index is 1320. The Balaban J connectivity index is 1.59. The van der Waals surface area contributed by atoms with Gasteiger partial charge in [-0.2, -0.15) is 4.98 Å². The fraction of sp³-hybridized carbons (Fsp3) is 0.0526. The Morgan fingerprint density at radius 2 is 2.00 bits per heavy atom. The quantitative estimate of drug-likeness (QED) is 0.459. The molecule has 4 N–H and O–H groups in total. The normalized spacial score (nSPS) is 11.6. The maximum Gasteiger partial charge on any atom is 0.238 e. The Hall–Kier alpha value is -3.50. The van der Waals surface area contributed by atoms with Crippen LogP contribution in [0.3, 0.4) is 0 Å². The highest BCUT2D eigenvalue weighted by atomic mass is 32.2. The molecule has 4 aromatic rings. The van der Waals surface area contributed by atoms with Crippen LogP contribution in [0.2, 0.25) is 0 Å². The smallest absolute Gasteiger partial charge is 0.238 e. The third-order valence-electron chi connectivity index (χ3n) is 4.10. The molecule has 0 fully saturated rings. The Morgan fingerprint density at radius 3 is 2.79 bits per heavy atom. The molecule has 29 heavy (non-hydrogen) atoms. The van der Waals surface area contributed by atoms with Gasteiger partial charge in [0, 0.05) is 34.5 Å². The number of anilines is 2. The number of H-pyrrole nitrogens is 1. The number of nitrogens with one attached hydrogen (secondary N) is 2. The summed E-state index contributed by atoms with van der Waals surface area (Å²) in [5.41, 5.74) is 1.93. The number of aromatic amines is 1. The molecule has 2 heterocycles. The van der Waals surface area contributed by atoms with Gasteiger partial charge in [-0.25, -0.2) is 22.9 Å². The molecule has 0 radical (unpaired) electrons. The SMILES string of the molecule is Cc1cc2c(F)c(Oc3ccnc(Nc4cccc(S(N)(=O)=O)c4)n3)ccc2[nH]1. The van der Waals surface area contributed by atoms with E-state index in [1.165, 1.54) is 36.5 Å². The zero-order chi connectivity index (χ0) is 20.6. The second-order valence-corrected chi connectivity index (χ2v) is 7.87.